The van der Waals surface area contributed by atoms with Gasteiger partial charge in [-0.25, -0.2) is 17.5 Å². The molecule has 0 atom stereocenters. The van der Waals surface area contributed by atoms with Crippen LogP contribution < -0.4 is 4.74 Å². The van der Waals surface area contributed by atoms with Crippen molar-refractivity contribution in [1.29, 1.82) is 0 Å². The molecule has 1 heterocycles. The van der Waals surface area contributed by atoms with E-state index in [0.29, 0.717) is 5.75 Å². The monoisotopic (exact) mass is 396 g/mol. The van der Waals surface area contributed by atoms with Crippen LogP contribution in [0.3, 0.4) is 0 Å². The number of aliphatic carboxylic acids is 1. The molecule has 2 rings (SSSR count). The Hall–Kier alpha value is -2.85. The Kier molecular flexibility index (Phi) is 6.24. The fraction of sp³-hybridized carbons (Fsp3) is 0.294. The molecule has 0 radical (unpaired) electrons. The average molecular weight is 396 g/mol. The highest BCUT2D eigenvalue weighted by Gasteiger charge is 2.24. The molecular formula is C17H20N2O7S. The first-order chi connectivity index (χ1) is 12.6. The van der Waals surface area contributed by atoms with Crippen LogP contribution in [0.2, 0.25) is 0 Å². The predicted molar refractivity (Wildman–Crippen MR) is 95.0 cm³/mol. The molecule has 1 N–H and O–H groups in total. The van der Waals surface area contributed by atoms with E-state index in [1.54, 1.807) is 31.3 Å². The summed E-state index contributed by atoms with van der Waals surface area (Å²) in [6.45, 7) is -0.171. The van der Waals surface area contributed by atoms with Crippen molar-refractivity contribution < 1.29 is 32.3 Å². The number of furan rings is 1. The first-order valence-electron chi connectivity index (χ1n) is 7.81. The van der Waals surface area contributed by atoms with Gasteiger partial charge in [-0.1, -0.05) is 12.1 Å². The van der Waals surface area contributed by atoms with Crippen molar-refractivity contribution in [3.05, 3.63) is 47.7 Å². The molecule has 27 heavy (non-hydrogen) atoms. The maximum Gasteiger partial charge on any atom is 0.341 e. The van der Waals surface area contributed by atoms with Crippen LogP contribution in [0.1, 0.15) is 15.9 Å². The standard InChI is InChI=1S/C17H20N2O7S/c1-18(2)27(23,24)16-8-13(10-26-16)17(22)19(3)9-12-4-6-14(7-5-12)25-11-15(20)21/h4-8,10H,9,11H2,1-3H3,(H,20,21). The number of carbonyl (C=O) groups is 2. The number of benzene rings is 1. The van der Waals surface area contributed by atoms with E-state index < -0.39 is 28.5 Å². The number of rotatable bonds is 8. The summed E-state index contributed by atoms with van der Waals surface area (Å²) in [4.78, 5) is 24.4. The van der Waals surface area contributed by atoms with Gasteiger partial charge in [0.15, 0.2) is 6.61 Å². The number of ether oxygens (including phenoxy) is 1. The highest BCUT2D eigenvalue weighted by Crippen LogP contribution is 2.19. The minimum absolute atomic E-state index is 0.124. The Balaban J connectivity index is 2.04. The van der Waals surface area contributed by atoms with Gasteiger partial charge in [0.2, 0.25) is 5.09 Å². The molecule has 0 spiro atoms. The summed E-state index contributed by atoms with van der Waals surface area (Å²) >= 11 is 0. The number of carboxylic acids is 1. The molecular weight excluding hydrogens is 376 g/mol. The van der Waals surface area contributed by atoms with Gasteiger partial charge in [0.25, 0.3) is 15.9 Å². The molecule has 0 aliphatic carbocycles. The van der Waals surface area contributed by atoms with E-state index in [2.05, 4.69) is 0 Å². The van der Waals surface area contributed by atoms with Crippen LogP contribution in [0.5, 0.6) is 5.75 Å². The Labute approximate surface area is 156 Å². The third kappa shape index (κ3) is 5.08. The van der Waals surface area contributed by atoms with Crippen molar-refractivity contribution >= 4 is 21.9 Å². The highest BCUT2D eigenvalue weighted by molar-refractivity contribution is 7.88. The largest absolute Gasteiger partial charge is 0.482 e. The number of sulfonamides is 1. The summed E-state index contributed by atoms with van der Waals surface area (Å²) in [6, 6.07) is 7.82. The van der Waals surface area contributed by atoms with Gasteiger partial charge in [0.05, 0.1) is 5.56 Å². The molecule has 0 unspecified atom stereocenters. The second-order valence-corrected chi connectivity index (χ2v) is 8.01. The first-order valence-corrected chi connectivity index (χ1v) is 9.25. The average Bonchev–Trinajstić information content (AvgIpc) is 3.11. The summed E-state index contributed by atoms with van der Waals surface area (Å²) in [6.07, 6.45) is 1.11. The Morgan fingerprint density at radius 2 is 1.78 bits per heavy atom. The fourth-order valence-corrected chi connectivity index (χ4v) is 2.95. The normalized spacial score (nSPS) is 11.4. The fourth-order valence-electron chi connectivity index (χ4n) is 2.15. The second kappa shape index (κ2) is 8.23. The van der Waals surface area contributed by atoms with E-state index in [-0.39, 0.29) is 17.2 Å². The van der Waals surface area contributed by atoms with Crippen molar-refractivity contribution in [2.75, 3.05) is 27.7 Å². The van der Waals surface area contributed by atoms with Crippen molar-refractivity contribution in [2.24, 2.45) is 0 Å². The van der Waals surface area contributed by atoms with Crippen molar-refractivity contribution in [2.45, 2.75) is 11.6 Å². The Morgan fingerprint density at radius 1 is 1.15 bits per heavy atom. The van der Waals surface area contributed by atoms with Gasteiger partial charge in [0, 0.05) is 33.8 Å². The third-order valence-electron chi connectivity index (χ3n) is 3.61. The molecule has 0 saturated heterocycles. The molecule has 146 valence electrons. The van der Waals surface area contributed by atoms with Gasteiger partial charge in [-0.15, -0.1) is 0 Å². The smallest absolute Gasteiger partial charge is 0.341 e. The van der Waals surface area contributed by atoms with E-state index >= 15 is 0 Å². The zero-order valence-electron chi connectivity index (χ0n) is 15.1. The zero-order valence-corrected chi connectivity index (χ0v) is 15.9. The van der Waals surface area contributed by atoms with Crippen LogP contribution in [-0.2, 0) is 21.4 Å². The first kappa shape index (κ1) is 20.5. The highest BCUT2D eigenvalue weighted by atomic mass is 32.2. The number of nitrogens with zero attached hydrogens (tertiary/aromatic N) is 2. The zero-order chi connectivity index (χ0) is 20.2. The lowest BCUT2D eigenvalue weighted by Gasteiger charge is -2.16. The molecule has 10 heteroatoms. The number of carbonyl (C=O) groups excluding carboxylic acids is 1. The van der Waals surface area contributed by atoms with E-state index in [0.717, 1.165) is 16.1 Å². The Morgan fingerprint density at radius 3 is 2.33 bits per heavy atom. The third-order valence-corrected chi connectivity index (χ3v) is 5.29. The minimum Gasteiger partial charge on any atom is -0.482 e. The predicted octanol–water partition coefficient (Wildman–Crippen LogP) is 1.27. The van der Waals surface area contributed by atoms with E-state index in [4.69, 9.17) is 14.3 Å². The second-order valence-electron chi connectivity index (χ2n) is 5.93. The van der Waals surface area contributed by atoms with E-state index in [1.165, 1.54) is 25.1 Å². The van der Waals surface area contributed by atoms with Crippen LogP contribution in [0.15, 0.2) is 46.1 Å². The minimum atomic E-state index is -3.75. The molecule has 0 aliphatic rings. The summed E-state index contributed by atoms with van der Waals surface area (Å²) in [5, 5.41) is 8.28. The van der Waals surface area contributed by atoms with Gasteiger partial charge >= 0.3 is 5.97 Å². The molecule has 9 nitrogen and oxygen atoms in total. The Bertz CT molecular complexity index is 917. The summed E-state index contributed by atoms with van der Waals surface area (Å²) in [5.41, 5.74) is 0.914. The van der Waals surface area contributed by atoms with Crippen LogP contribution in [0, 0.1) is 0 Å². The van der Waals surface area contributed by atoms with Gasteiger partial charge < -0.3 is 19.2 Å². The van der Waals surface area contributed by atoms with Gasteiger partial charge in [0.1, 0.15) is 12.0 Å². The van der Waals surface area contributed by atoms with Crippen LogP contribution in [-0.4, -0.2) is 62.4 Å². The van der Waals surface area contributed by atoms with Crippen molar-refractivity contribution in [3.63, 3.8) is 0 Å². The number of hydrogen-bond acceptors (Lipinski definition) is 6. The molecule has 0 aliphatic heterocycles. The molecule has 1 aromatic heterocycles. The molecule has 1 aromatic carbocycles. The lowest BCUT2D eigenvalue weighted by Crippen LogP contribution is -2.26. The summed E-state index contributed by atoms with van der Waals surface area (Å²) < 4.78 is 35.1. The van der Waals surface area contributed by atoms with Gasteiger partial charge in [-0.05, 0) is 17.7 Å². The lowest BCUT2D eigenvalue weighted by atomic mass is 10.2. The van der Waals surface area contributed by atoms with E-state index in [9.17, 15) is 18.0 Å². The maximum atomic E-state index is 12.5. The van der Waals surface area contributed by atoms with E-state index in [1.807, 2.05) is 0 Å². The maximum absolute atomic E-state index is 12.5. The summed E-state index contributed by atoms with van der Waals surface area (Å²) in [5.74, 6) is -1.06. The van der Waals surface area contributed by atoms with Gasteiger partial charge in [-0.2, -0.15) is 0 Å². The molecule has 0 fully saturated rings. The number of carboxylic acid groups (broad SMARTS) is 1. The molecule has 0 saturated carbocycles. The quantitative estimate of drug-likeness (QED) is 0.714. The van der Waals surface area contributed by atoms with Crippen molar-refractivity contribution in [1.82, 2.24) is 9.21 Å². The van der Waals surface area contributed by atoms with Crippen molar-refractivity contribution in [3.8, 4) is 5.75 Å². The SMILES string of the molecule is CN(Cc1ccc(OCC(=O)O)cc1)C(=O)c1coc(S(=O)(=O)N(C)C)c1. The topological polar surface area (TPSA) is 117 Å². The van der Waals surface area contributed by atoms with Crippen LogP contribution in [0.25, 0.3) is 0 Å². The van der Waals surface area contributed by atoms with Crippen LogP contribution in [0.4, 0.5) is 0 Å². The molecule has 0 bridgehead atoms. The van der Waals surface area contributed by atoms with Gasteiger partial charge in [-0.3, -0.25) is 4.79 Å². The number of hydrogen-bond donors (Lipinski definition) is 1. The number of amides is 1. The lowest BCUT2D eigenvalue weighted by molar-refractivity contribution is -0.139. The molecule has 2 aromatic rings. The van der Waals surface area contributed by atoms with Crippen LogP contribution >= 0.6 is 0 Å². The molecule has 1 amide bonds. The summed E-state index contributed by atoms with van der Waals surface area (Å²) in [7, 11) is 0.564.